The fourth-order valence-electron chi connectivity index (χ4n) is 2.64. The van der Waals surface area contributed by atoms with E-state index in [0.29, 0.717) is 5.02 Å². The SMILES string of the molecule is CCCN(CC)c1cc2c(cc1Cl)C(NCC)C(=O)N2. The van der Waals surface area contributed by atoms with Gasteiger partial charge in [-0.1, -0.05) is 25.4 Å². The van der Waals surface area contributed by atoms with E-state index in [-0.39, 0.29) is 11.9 Å². The summed E-state index contributed by atoms with van der Waals surface area (Å²) in [5.41, 5.74) is 2.81. The maximum Gasteiger partial charge on any atom is 0.246 e. The van der Waals surface area contributed by atoms with Gasteiger partial charge < -0.3 is 15.5 Å². The zero-order valence-electron chi connectivity index (χ0n) is 12.3. The van der Waals surface area contributed by atoms with Crippen molar-refractivity contribution in [3.8, 4) is 0 Å². The van der Waals surface area contributed by atoms with Gasteiger partial charge in [0.25, 0.3) is 0 Å². The van der Waals surface area contributed by atoms with Crippen LogP contribution >= 0.6 is 11.6 Å². The van der Waals surface area contributed by atoms with Gasteiger partial charge in [0.2, 0.25) is 5.91 Å². The molecule has 2 rings (SSSR count). The minimum absolute atomic E-state index is 0.00592. The predicted octanol–water partition coefficient (Wildman–Crippen LogP) is 3.18. The molecule has 2 N–H and O–H groups in total. The summed E-state index contributed by atoms with van der Waals surface area (Å²) in [6, 6.07) is 3.62. The molecule has 1 aliphatic heterocycles. The molecule has 0 saturated heterocycles. The largest absolute Gasteiger partial charge is 0.371 e. The molecule has 20 heavy (non-hydrogen) atoms. The third-order valence-electron chi connectivity index (χ3n) is 3.57. The molecule has 1 unspecified atom stereocenters. The molecule has 0 radical (unpaired) electrons. The van der Waals surface area contributed by atoms with Gasteiger partial charge in [-0.05, 0) is 32.0 Å². The molecule has 1 aliphatic rings. The van der Waals surface area contributed by atoms with Crippen molar-refractivity contribution in [2.24, 2.45) is 0 Å². The van der Waals surface area contributed by atoms with Gasteiger partial charge in [-0.15, -0.1) is 0 Å². The third-order valence-corrected chi connectivity index (χ3v) is 3.88. The van der Waals surface area contributed by atoms with Crippen molar-refractivity contribution in [1.82, 2.24) is 5.32 Å². The first-order chi connectivity index (χ1) is 9.62. The maximum atomic E-state index is 12.0. The van der Waals surface area contributed by atoms with Crippen molar-refractivity contribution < 1.29 is 4.79 Å². The van der Waals surface area contributed by atoms with Gasteiger partial charge >= 0.3 is 0 Å². The van der Waals surface area contributed by atoms with Crippen LogP contribution in [0.2, 0.25) is 5.02 Å². The monoisotopic (exact) mass is 295 g/mol. The van der Waals surface area contributed by atoms with Gasteiger partial charge in [-0.3, -0.25) is 4.79 Å². The number of carbonyl (C=O) groups is 1. The van der Waals surface area contributed by atoms with Crippen molar-refractivity contribution in [2.45, 2.75) is 33.2 Å². The Kier molecular flexibility index (Phi) is 4.89. The van der Waals surface area contributed by atoms with Gasteiger partial charge in [-0.25, -0.2) is 0 Å². The second kappa shape index (κ2) is 6.46. The maximum absolute atomic E-state index is 12.0. The average Bonchev–Trinajstić information content (AvgIpc) is 2.72. The van der Waals surface area contributed by atoms with Crippen LogP contribution in [0.3, 0.4) is 0 Å². The smallest absolute Gasteiger partial charge is 0.246 e. The van der Waals surface area contributed by atoms with Gasteiger partial charge in [0, 0.05) is 24.3 Å². The number of likely N-dealkylation sites (N-methyl/N-ethyl adjacent to an activating group) is 1. The minimum atomic E-state index is -0.289. The summed E-state index contributed by atoms with van der Waals surface area (Å²) in [7, 11) is 0. The number of carbonyl (C=O) groups excluding carboxylic acids is 1. The van der Waals surface area contributed by atoms with Crippen LogP contribution in [0.5, 0.6) is 0 Å². The first kappa shape index (κ1) is 15.1. The van der Waals surface area contributed by atoms with Crippen molar-refractivity contribution in [1.29, 1.82) is 0 Å². The van der Waals surface area contributed by atoms with E-state index < -0.39 is 0 Å². The zero-order chi connectivity index (χ0) is 14.7. The zero-order valence-corrected chi connectivity index (χ0v) is 13.0. The first-order valence-electron chi connectivity index (χ1n) is 7.24. The van der Waals surface area contributed by atoms with E-state index in [2.05, 4.69) is 29.4 Å². The predicted molar refractivity (Wildman–Crippen MR) is 84.7 cm³/mol. The number of amides is 1. The number of hydrogen-bond acceptors (Lipinski definition) is 3. The summed E-state index contributed by atoms with van der Waals surface area (Å²) in [6.45, 7) is 8.85. The van der Waals surface area contributed by atoms with E-state index in [1.807, 2.05) is 19.1 Å². The highest BCUT2D eigenvalue weighted by molar-refractivity contribution is 6.33. The Hall–Kier alpha value is -1.26. The first-order valence-corrected chi connectivity index (χ1v) is 7.62. The molecule has 1 aromatic rings. The lowest BCUT2D eigenvalue weighted by Crippen LogP contribution is -2.27. The second-order valence-corrected chi connectivity index (χ2v) is 5.36. The van der Waals surface area contributed by atoms with Gasteiger partial charge in [0.05, 0.1) is 10.7 Å². The number of nitrogens with zero attached hydrogens (tertiary/aromatic N) is 1. The standard InChI is InChI=1S/C15H22ClN3O/c1-4-7-19(6-3)13-9-12-10(8-11(13)16)14(17-5-2)15(20)18-12/h8-9,14,17H,4-7H2,1-3H3,(H,18,20). The van der Waals surface area contributed by atoms with Crippen LogP contribution in [-0.4, -0.2) is 25.5 Å². The van der Waals surface area contributed by atoms with E-state index in [1.165, 1.54) is 0 Å². The van der Waals surface area contributed by atoms with E-state index in [4.69, 9.17) is 11.6 Å². The van der Waals surface area contributed by atoms with Crippen molar-refractivity contribution in [3.63, 3.8) is 0 Å². The lowest BCUT2D eigenvalue weighted by atomic mass is 10.1. The summed E-state index contributed by atoms with van der Waals surface area (Å²) >= 11 is 6.42. The average molecular weight is 296 g/mol. The number of rotatable bonds is 6. The Morgan fingerprint density at radius 1 is 1.35 bits per heavy atom. The molecule has 5 heteroatoms. The molecule has 0 fully saturated rings. The van der Waals surface area contributed by atoms with Crippen LogP contribution in [0.1, 0.15) is 38.8 Å². The highest BCUT2D eigenvalue weighted by atomic mass is 35.5. The Balaban J connectivity index is 2.37. The van der Waals surface area contributed by atoms with Crippen LogP contribution in [0, 0.1) is 0 Å². The quantitative estimate of drug-likeness (QED) is 0.847. The van der Waals surface area contributed by atoms with E-state index in [1.54, 1.807) is 0 Å². The van der Waals surface area contributed by atoms with Crippen LogP contribution in [-0.2, 0) is 4.79 Å². The normalized spacial score (nSPS) is 17.0. The summed E-state index contributed by atoms with van der Waals surface area (Å²) in [6.07, 6.45) is 1.06. The molecule has 1 heterocycles. The highest BCUT2D eigenvalue weighted by Gasteiger charge is 2.31. The molecule has 1 aromatic carbocycles. The lowest BCUT2D eigenvalue weighted by Gasteiger charge is -2.24. The molecule has 0 saturated carbocycles. The Bertz CT molecular complexity index is 504. The molecule has 0 aliphatic carbocycles. The topological polar surface area (TPSA) is 44.4 Å². The molecule has 0 spiro atoms. The van der Waals surface area contributed by atoms with E-state index >= 15 is 0 Å². The fourth-order valence-corrected chi connectivity index (χ4v) is 2.93. The number of fused-ring (bicyclic) bond motifs is 1. The molecule has 1 amide bonds. The van der Waals surface area contributed by atoms with Crippen LogP contribution in [0.4, 0.5) is 11.4 Å². The third kappa shape index (κ3) is 2.76. The van der Waals surface area contributed by atoms with Gasteiger partial charge in [0.1, 0.15) is 6.04 Å². The van der Waals surface area contributed by atoms with Crippen LogP contribution in [0.15, 0.2) is 12.1 Å². The summed E-state index contributed by atoms with van der Waals surface area (Å²) in [5, 5.41) is 6.82. The molecular weight excluding hydrogens is 274 g/mol. The lowest BCUT2D eigenvalue weighted by molar-refractivity contribution is -0.117. The fraction of sp³-hybridized carbons (Fsp3) is 0.533. The second-order valence-electron chi connectivity index (χ2n) is 4.95. The number of nitrogens with one attached hydrogen (secondary N) is 2. The molecule has 0 bridgehead atoms. The van der Waals surface area contributed by atoms with Gasteiger partial charge in [0.15, 0.2) is 0 Å². The Morgan fingerprint density at radius 3 is 2.70 bits per heavy atom. The Labute approximate surface area is 125 Å². The van der Waals surface area contributed by atoms with E-state index in [0.717, 1.165) is 43.0 Å². The summed E-state index contributed by atoms with van der Waals surface area (Å²) in [5.74, 6) is -0.00592. The number of hydrogen-bond donors (Lipinski definition) is 2. The van der Waals surface area contributed by atoms with E-state index in [9.17, 15) is 4.79 Å². The number of halogens is 1. The summed E-state index contributed by atoms with van der Waals surface area (Å²) < 4.78 is 0. The molecule has 110 valence electrons. The van der Waals surface area contributed by atoms with Crippen molar-refractivity contribution in [2.75, 3.05) is 29.9 Å². The summed E-state index contributed by atoms with van der Waals surface area (Å²) in [4.78, 5) is 14.2. The van der Waals surface area contributed by atoms with Crippen LogP contribution in [0.25, 0.3) is 0 Å². The molecular formula is C15H22ClN3O. The Morgan fingerprint density at radius 2 is 2.10 bits per heavy atom. The highest BCUT2D eigenvalue weighted by Crippen LogP contribution is 2.38. The van der Waals surface area contributed by atoms with Crippen LogP contribution < -0.4 is 15.5 Å². The van der Waals surface area contributed by atoms with Crippen molar-refractivity contribution >= 4 is 28.9 Å². The molecule has 0 aromatic heterocycles. The minimum Gasteiger partial charge on any atom is -0.371 e. The number of benzene rings is 1. The van der Waals surface area contributed by atoms with Crippen molar-refractivity contribution in [3.05, 3.63) is 22.7 Å². The molecule has 4 nitrogen and oxygen atoms in total. The van der Waals surface area contributed by atoms with Gasteiger partial charge in [-0.2, -0.15) is 0 Å². The number of anilines is 2. The molecule has 1 atom stereocenters.